The van der Waals surface area contributed by atoms with Crippen LogP contribution in [0.25, 0.3) is 10.2 Å². The molecule has 4 aromatic rings. The first-order valence-corrected chi connectivity index (χ1v) is 11.9. The molecular formula is C22H18FN3O3S2. The quantitative estimate of drug-likeness (QED) is 0.417. The molecule has 6 nitrogen and oxygen atoms in total. The molecule has 0 radical (unpaired) electrons. The van der Waals surface area contributed by atoms with Crippen molar-refractivity contribution in [1.29, 1.82) is 0 Å². The molecule has 2 aromatic carbocycles. The molecule has 0 aliphatic rings. The van der Waals surface area contributed by atoms with Crippen molar-refractivity contribution in [3.8, 4) is 0 Å². The van der Waals surface area contributed by atoms with Gasteiger partial charge in [-0.1, -0.05) is 35.6 Å². The highest BCUT2D eigenvalue weighted by atomic mass is 32.2. The number of carbonyl (C=O) groups excluding carboxylic acids is 1. The Kier molecular flexibility index (Phi) is 6.06. The van der Waals surface area contributed by atoms with Crippen molar-refractivity contribution in [2.45, 2.75) is 17.9 Å². The Morgan fingerprint density at radius 3 is 2.61 bits per heavy atom. The summed E-state index contributed by atoms with van der Waals surface area (Å²) in [5.41, 5.74) is 1.22. The van der Waals surface area contributed by atoms with Crippen molar-refractivity contribution in [3.63, 3.8) is 0 Å². The average molecular weight is 456 g/mol. The molecule has 2 heterocycles. The van der Waals surface area contributed by atoms with Gasteiger partial charge in [0, 0.05) is 24.9 Å². The second kappa shape index (κ2) is 8.91. The molecule has 1 amide bonds. The molecule has 0 N–H and O–H groups in total. The third kappa shape index (κ3) is 4.95. The number of amides is 1. The Hall–Kier alpha value is -3.17. The molecule has 31 heavy (non-hydrogen) atoms. The van der Waals surface area contributed by atoms with Crippen LogP contribution in [0.5, 0.6) is 0 Å². The fourth-order valence-corrected chi connectivity index (χ4v) is 5.26. The Bertz CT molecular complexity index is 1310. The maximum absolute atomic E-state index is 13.6. The van der Waals surface area contributed by atoms with Crippen LogP contribution in [0.2, 0.25) is 0 Å². The van der Waals surface area contributed by atoms with E-state index in [4.69, 9.17) is 0 Å². The number of halogens is 1. The molecule has 9 heteroatoms. The maximum Gasteiger partial charge on any atom is 0.230 e. The second-order valence-electron chi connectivity index (χ2n) is 6.83. The highest BCUT2D eigenvalue weighted by molar-refractivity contribution is 7.91. The molecular weight excluding hydrogens is 437 g/mol. The number of pyridine rings is 1. The number of sulfone groups is 1. The van der Waals surface area contributed by atoms with Gasteiger partial charge in [-0.3, -0.25) is 14.7 Å². The van der Waals surface area contributed by atoms with Crippen LogP contribution < -0.4 is 4.90 Å². The van der Waals surface area contributed by atoms with Gasteiger partial charge in [0.25, 0.3) is 0 Å². The highest BCUT2D eigenvalue weighted by Crippen LogP contribution is 2.30. The zero-order chi connectivity index (χ0) is 21.8. The first kappa shape index (κ1) is 21.1. The number of benzene rings is 2. The lowest BCUT2D eigenvalue weighted by Crippen LogP contribution is -2.31. The molecule has 0 aliphatic carbocycles. The molecule has 0 spiro atoms. The Balaban J connectivity index is 1.61. The normalized spacial score (nSPS) is 11.5. The summed E-state index contributed by atoms with van der Waals surface area (Å²) in [5, 5.41) is 0.381. The van der Waals surface area contributed by atoms with Gasteiger partial charge >= 0.3 is 0 Å². The van der Waals surface area contributed by atoms with Gasteiger partial charge in [-0.05, 0) is 35.9 Å². The van der Waals surface area contributed by atoms with Crippen LogP contribution in [-0.4, -0.2) is 30.0 Å². The van der Waals surface area contributed by atoms with Gasteiger partial charge in [-0.15, -0.1) is 0 Å². The van der Waals surface area contributed by atoms with Crippen LogP contribution in [0.1, 0.15) is 12.0 Å². The summed E-state index contributed by atoms with van der Waals surface area (Å²) in [6.07, 6.45) is 3.05. The summed E-state index contributed by atoms with van der Waals surface area (Å²) < 4.78 is 39.5. The predicted octanol–water partition coefficient (Wildman–Crippen LogP) is 4.23. The largest absolute Gasteiger partial charge is 0.284 e. The summed E-state index contributed by atoms with van der Waals surface area (Å²) in [7, 11) is -3.60. The van der Waals surface area contributed by atoms with Gasteiger partial charge in [0.05, 0.1) is 27.4 Å². The number of aromatic nitrogens is 2. The number of fused-ring (bicyclic) bond motifs is 1. The zero-order valence-corrected chi connectivity index (χ0v) is 17.9. The maximum atomic E-state index is 13.6. The number of hydrogen-bond acceptors (Lipinski definition) is 6. The van der Waals surface area contributed by atoms with E-state index >= 15 is 0 Å². The van der Waals surface area contributed by atoms with Crippen LogP contribution in [0.4, 0.5) is 9.52 Å². The first-order valence-electron chi connectivity index (χ1n) is 9.45. The van der Waals surface area contributed by atoms with Gasteiger partial charge in [0.1, 0.15) is 5.82 Å². The Morgan fingerprint density at radius 2 is 1.87 bits per heavy atom. The highest BCUT2D eigenvalue weighted by Gasteiger charge is 2.23. The minimum absolute atomic E-state index is 0.178. The summed E-state index contributed by atoms with van der Waals surface area (Å²) in [6.45, 7) is 0.181. The monoisotopic (exact) mass is 455 g/mol. The van der Waals surface area contributed by atoms with E-state index in [1.807, 2.05) is 6.07 Å². The van der Waals surface area contributed by atoms with Gasteiger partial charge < -0.3 is 0 Å². The molecule has 158 valence electrons. The fourth-order valence-electron chi connectivity index (χ4n) is 3.04. The summed E-state index contributed by atoms with van der Waals surface area (Å²) in [6, 6.07) is 15.9. The second-order valence-corrected chi connectivity index (χ2v) is 9.95. The van der Waals surface area contributed by atoms with Crippen LogP contribution in [0.3, 0.4) is 0 Å². The van der Waals surface area contributed by atoms with E-state index in [-0.39, 0.29) is 29.5 Å². The molecule has 0 fully saturated rings. The van der Waals surface area contributed by atoms with Crippen molar-refractivity contribution in [2.75, 3.05) is 10.7 Å². The summed E-state index contributed by atoms with van der Waals surface area (Å²) in [5.74, 6) is -1.12. The van der Waals surface area contributed by atoms with E-state index in [2.05, 4.69) is 9.97 Å². The molecule has 0 bridgehead atoms. The molecule has 0 atom stereocenters. The lowest BCUT2D eigenvalue weighted by Gasteiger charge is -2.20. The fraction of sp³-hybridized carbons (Fsp3) is 0.136. The lowest BCUT2D eigenvalue weighted by atomic mass is 10.2. The first-order chi connectivity index (χ1) is 14.9. The Morgan fingerprint density at radius 1 is 1.06 bits per heavy atom. The topological polar surface area (TPSA) is 80.2 Å². The van der Waals surface area contributed by atoms with Gasteiger partial charge in [0.15, 0.2) is 15.0 Å². The number of carbonyl (C=O) groups is 1. The van der Waals surface area contributed by atoms with Crippen LogP contribution in [0, 0.1) is 5.82 Å². The van der Waals surface area contributed by atoms with Crippen molar-refractivity contribution in [3.05, 3.63) is 84.4 Å². The Labute approximate surface area is 182 Å². The van der Waals surface area contributed by atoms with Gasteiger partial charge in [-0.2, -0.15) is 0 Å². The summed E-state index contributed by atoms with van der Waals surface area (Å²) >= 11 is 1.25. The SMILES string of the molecule is O=C(CCS(=O)(=O)c1ccccc1)N(Cc1cccnc1)c1nc2cc(F)ccc2s1. The minimum atomic E-state index is -3.60. The number of thiazole rings is 1. The van der Waals surface area contributed by atoms with Crippen LogP contribution in [-0.2, 0) is 21.2 Å². The van der Waals surface area contributed by atoms with Gasteiger partial charge in [-0.25, -0.2) is 17.8 Å². The smallest absolute Gasteiger partial charge is 0.230 e. The van der Waals surface area contributed by atoms with E-state index in [9.17, 15) is 17.6 Å². The average Bonchev–Trinajstić information content (AvgIpc) is 3.20. The molecule has 4 rings (SSSR count). The zero-order valence-electron chi connectivity index (χ0n) is 16.3. The molecule has 2 aromatic heterocycles. The minimum Gasteiger partial charge on any atom is -0.284 e. The van der Waals surface area contributed by atoms with E-state index in [0.29, 0.717) is 10.6 Å². The van der Waals surface area contributed by atoms with Crippen molar-refractivity contribution < 1.29 is 17.6 Å². The van der Waals surface area contributed by atoms with Crippen molar-refractivity contribution in [2.24, 2.45) is 0 Å². The van der Waals surface area contributed by atoms with E-state index in [0.717, 1.165) is 10.3 Å². The number of nitrogens with zero attached hydrogens (tertiary/aromatic N) is 3. The molecule has 0 saturated heterocycles. The molecule has 0 aliphatic heterocycles. The van der Waals surface area contributed by atoms with E-state index < -0.39 is 15.7 Å². The van der Waals surface area contributed by atoms with Crippen LogP contribution >= 0.6 is 11.3 Å². The summed E-state index contributed by atoms with van der Waals surface area (Å²) in [4.78, 5) is 23.2. The number of anilines is 1. The number of hydrogen-bond donors (Lipinski definition) is 0. The van der Waals surface area contributed by atoms with Crippen molar-refractivity contribution >= 4 is 42.4 Å². The third-order valence-corrected chi connectivity index (χ3v) is 7.41. The van der Waals surface area contributed by atoms with E-state index in [1.165, 1.54) is 40.5 Å². The molecule has 0 unspecified atom stereocenters. The third-order valence-electron chi connectivity index (χ3n) is 4.62. The van der Waals surface area contributed by atoms with E-state index in [1.54, 1.807) is 42.7 Å². The van der Waals surface area contributed by atoms with Crippen molar-refractivity contribution in [1.82, 2.24) is 9.97 Å². The lowest BCUT2D eigenvalue weighted by molar-refractivity contribution is -0.118. The standard InChI is InChI=1S/C22H18FN3O3S2/c23-17-8-9-20-19(13-17)25-22(30-20)26(15-16-5-4-11-24-14-16)21(27)10-12-31(28,29)18-6-2-1-3-7-18/h1-9,11,13-14H,10,12,15H2. The number of rotatable bonds is 7. The van der Waals surface area contributed by atoms with Crippen LogP contribution in [0.15, 0.2) is 78.0 Å². The predicted molar refractivity (Wildman–Crippen MR) is 118 cm³/mol. The molecule has 0 saturated carbocycles. The van der Waals surface area contributed by atoms with Gasteiger partial charge in [0.2, 0.25) is 5.91 Å².